The Hall–Kier alpha value is -2.07. The van der Waals surface area contributed by atoms with Crippen LogP contribution in [0.2, 0.25) is 5.02 Å². The van der Waals surface area contributed by atoms with Crippen LogP contribution in [0.1, 0.15) is 12.5 Å². The third-order valence-corrected chi connectivity index (χ3v) is 5.84. The summed E-state index contributed by atoms with van der Waals surface area (Å²) in [5.74, 6) is -0.697. The van der Waals surface area contributed by atoms with Crippen LogP contribution < -0.4 is 4.72 Å². The lowest BCUT2D eigenvalue weighted by atomic mass is 10.2. The molecule has 3 aromatic rings. The van der Waals surface area contributed by atoms with Crippen LogP contribution in [0.4, 0.5) is 0 Å². The quantitative estimate of drug-likeness (QED) is 0.626. The zero-order valence-corrected chi connectivity index (χ0v) is 15.9. The molecule has 0 fully saturated rings. The van der Waals surface area contributed by atoms with Crippen molar-refractivity contribution in [2.24, 2.45) is 0 Å². The minimum absolute atomic E-state index is 0.00293. The molecule has 0 amide bonds. The summed E-state index contributed by atoms with van der Waals surface area (Å²) in [4.78, 5) is 12.1. The summed E-state index contributed by atoms with van der Waals surface area (Å²) < 4.78 is 40.6. The maximum absolute atomic E-state index is 12.6. The molecule has 1 atom stereocenters. The molecular formula is C16H14ClN3O4S2. The van der Waals surface area contributed by atoms with E-state index in [4.69, 9.17) is 16.3 Å². The molecule has 0 saturated carbocycles. The Bertz CT molecular complexity index is 1050. The molecule has 0 saturated heterocycles. The first-order valence-electron chi connectivity index (χ1n) is 7.51. The van der Waals surface area contributed by atoms with Crippen molar-refractivity contribution in [2.75, 3.05) is 0 Å². The van der Waals surface area contributed by atoms with E-state index in [1.54, 1.807) is 36.4 Å². The Kier molecular flexibility index (Phi) is 5.52. The number of fused-ring (bicyclic) bond motifs is 1. The number of carbonyl (C=O) groups excluding carboxylic acids is 1. The van der Waals surface area contributed by atoms with Gasteiger partial charge in [-0.3, -0.25) is 4.79 Å². The Balaban J connectivity index is 1.69. The molecule has 3 rings (SSSR count). The topological polar surface area (TPSA) is 98.3 Å². The molecule has 0 aliphatic heterocycles. The predicted molar refractivity (Wildman–Crippen MR) is 98.4 cm³/mol. The molecule has 0 radical (unpaired) electrons. The van der Waals surface area contributed by atoms with Crippen LogP contribution in [0.5, 0.6) is 0 Å². The summed E-state index contributed by atoms with van der Waals surface area (Å²) >= 11 is 6.79. The van der Waals surface area contributed by atoms with Crippen LogP contribution in [0.15, 0.2) is 47.4 Å². The zero-order chi connectivity index (χ0) is 18.7. The number of rotatable bonds is 6. The van der Waals surface area contributed by atoms with Crippen LogP contribution in [0, 0.1) is 0 Å². The molecule has 1 unspecified atom stereocenters. The van der Waals surface area contributed by atoms with E-state index in [2.05, 4.69) is 13.5 Å². The first-order chi connectivity index (χ1) is 12.4. The van der Waals surface area contributed by atoms with Crippen molar-refractivity contribution >= 4 is 50.4 Å². The second-order valence-electron chi connectivity index (χ2n) is 5.47. The summed E-state index contributed by atoms with van der Waals surface area (Å²) in [5.41, 5.74) is 1.46. The predicted octanol–water partition coefficient (Wildman–Crippen LogP) is 2.75. The number of nitrogens with one attached hydrogen (secondary N) is 1. The normalized spacial score (nSPS) is 12.8. The highest BCUT2D eigenvalue weighted by molar-refractivity contribution is 7.89. The molecule has 26 heavy (non-hydrogen) atoms. The summed E-state index contributed by atoms with van der Waals surface area (Å²) in [7, 11) is -3.96. The number of sulfonamides is 1. The number of hydrogen-bond acceptors (Lipinski definition) is 7. The fourth-order valence-electron chi connectivity index (χ4n) is 2.25. The van der Waals surface area contributed by atoms with Gasteiger partial charge in [0.05, 0.1) is 11.7 Å². The molecule has 0 aliphatic rings. The fourth-order valence-corrected chi connectivity index (χ4v) is 4.42. The van der Waals surface area contributed by atoms with E-state index in [0.29, 0.717) is 16.1 Å². The minimum Gasteiger partial charge on any atom is -0.460 e. The van der Waals surface area contributed by atoms with E-state index in [0.717, 1.165) is 11.7 Å². The van der Waals surface area contributed by atoms with E-state index in [-0.39, 0.29) is 17.0 Å². The Labute approximate surface area is 159 Å². The lowest BCUT2D eigenvalue weighted by Gasteiger charge is -2.14. The number of ether oxygens (including phenoxy) is 1. The van der Waals surface area contributed by atoms with Gasteiger partial charge in [0, 0.05) is 5.02 Å². The van der Waals surface area contributed by atoms with Crippen molar-refractivity contribution in [3.8, 4) is 0 Å². The van der Waals surface area contributed by atoms with Crippen LogP contribution >= 0.6 is 23.3 Å². The van der Waals surface area contributed by atoms with Gasteiger partial charge in [0.25, 0.3) is 0 Å². The monoisotopic (exact) mass is 411 g/mol. The largest absolute Gasteiger partial charge is 0.460 e. The number of aromatic nitrogens is 2. The first kappa shape index (κ1) is 18.7. The Morgan fingerprint density at radius 3 is 2.81 bits per heavy atom. The lowest BCUT2D eigenvalue weighted by Crippen LogP contribution is -2.39. The number of nitrogens with zero attached hydrogens (tertiary/aromatic N) is 2. The second kappa shape index (κ2) is 7.67. The average Bonchev–Trinajstić information content (AvgIpc) is 3.07. The third-order valence-electron chi connectivity index (χ3n) is 3.49. The molecule has 7 nitrogen and oxygen atoms in total. The van der Waals surface area contributed by atoms with Gasteiger partial charge in [-0.25, -0.2) is 8.42 Å². The van der Waals surface area contributed by atoms with Crippen LogP contribution in [0.3, 0.4) is 0 Å². The van der Waals surface area contributed by atoms with Crippen molar-refractivity contribution in [1.29, 1.82) is 0 Å². The van der Waals surface area contributed by atoms with Gasteiger partial charge in [0.15, 0.2) is 0 Å². The molecule has 10 heteroatoms. The van der Waals surface area contributed by atoms with Crippen molar-refractivity contribution in [3.63, 3.8) is 0 Å². The van der Waals surface area contributed by atoms with Crippen molar-refractivity contribution < 1.29 is 17.9 Å². The number of benzene rings is 2. The number of esters is 1. The summed E-state index contributed by atoms with van der Waals surface area (Å²) in [6, 6.07) is 10.4. The molecule has 0 aliphatic carbocycles. The average molecular weight is 412 g/mol. The third kappa shape index (κ3) is 4.18. The van der Waals surface area contributed by atoms with Gasteiger partial charge in [-0.05, 0) is 36.8 Å². The van der Waals surface area contributed by atoms with Crippen LogP contribution in [-0.4, -0.2) is 29.2 Å². The lowest BCUT2D eigenvalue weighted by molar-refractivity contribution is -0.146. The van der Waals surface area contributed by atoms with Gasteiger partial charge in [0.1, 0.15) is 28.6 Å². The molecule has 136 valence electrons. The van der Waals surface area contributed by atoms with E-state index in [1.165, 1.54) is 13.0 Å². The van der Waals surface area contributed by atoms with Gasteiger partial charge in [0.2, 0.25) is 10.0 Å². The molecule has 0 bridgehead atoms. The van der Waals surface area contributed by atoms with E-state index in [9.17, 15) is 13.2 Å². The standard InChI is InChI=1S/C16H14ClN3O4S2/c1-10(16(21)24-9-11-4-2-5-12(17)8-11)20-26(22,23)14-7-3-6-13-15(14)19-25-18-13/h2-8,10,20H,9H2,1H3. The van der Waals surface area contributed by atoms with Crippen molar-refractivity contribution in [1.82, 2.24) is 13.5 Å². The van der Waals surface area contributed by atoms with Gasteiger partial charge < -0.3 is 4.74 Å². The SMILES string of the molecule is CC(NS(=O)(=O)c1cccc2nsnc12)C(=O)OCc1cccc(Cl)c1. The van der Waals surface area contributed by atoms with Gasteiger partial charge in [-0.2, -0.15) is 13.5 Å². The molecule has 0 spiro atoms. The highest BCUT2D eigenvalue weighted by atomic mass is 35.5. The van der Waals surface area contributed by atoms with Gasteiger partial charge >= 0.3 is 5.97 Å². The summed E-state index contributed by atoms with van der Waals surface area (Å²) in [5, 5.41) is 0.525. The summed E-state index contributed by atoms with van der Waals surface area (Å²) in [6.07, 6.45) is 0. The van der Waals surface area contributed by atoms with E-state index >= 15 is 0 Å². The van der Waals surface area contributed by atoms with E-state index < -0.39 is 22.0 Å². The van der Waals surface area contributed by atoms with Crippen LogP contribution in [0.25, 0.3) is 11.0 Å². The Morgan fingerprint density at radius 2 is 2.04 bits per heavy atom. The molecule has 1 aromatic heterocycles. The van der Waals surface area contributed by atoms with Crippen molar-refractivity contribution in [2.45, 2.75) is 24.5 Å². The van der Waals surface area contributed by atoms with Gasteiger partial charge in [-0.1, -0.05) is 29.8 Å². The van der Waals surface area contributed by atoms with Crippen LogP contribution in [-0.2, 0) is 26.2 Å². The second-order valence-corrected chi connectivity index (χ2v) is 8.12. The highest BCUT2D eigenvalue weighted by Gasteiger charge is 2.25. The zero-order valence-electron chi connectivity index (χ0n) is 13.5. The number of halogens is 1. The maximum Gasteiger partial charge on any atom is 0.324 e. The van der Waals surface area contributed by atoms with Gasteiger partial charge in [-0.15, -0.1) is 0 Å². The number of hydrogen-bond donors (Lipinski definition) is 1. The molecular weight excluding hydrogens is 398 g/mol. The fraction of sp³-hybridized carbons (Fsp3) is 0.188. The molecule has 1 heterocycles. The first-order valence-corrected chi connectivity index (χ1v) is 10.1. The summed E-state index contributed by atoms with van der Waals surface area (Å²) in [6.45, 7) is 1.41. The maximum atomic E-state index is 12.6. The molecule has 1 N–H and O–H groups in total. The minimum atomic E-state index is -3.96. The highest BCUT2D eigenvalue weighted by Crippen LogP contribution is 2.21. The number of carbonyl (C=O) groups is 1. The molecule has 2 aromatic carbocycles. The van der Waals surface area contributed by atoms with Crippen molar-refractivity contribution in [3.05, 3.63) is 53.1 Å². The Morgan fingerprint density at radius 1 is 1.27 bits per heavy atom. The smallest absolute Gasteiger partial charge is 0.324 e. The van der Waals surface area contributed by atoms with E-state index in [1.807, 2.05) is 0 Å².